The second-order valence-electron chi connectivity index (χ2n) is 10.1. The lowest BCUT2D eigenvalue weighted by Gasteiger charge is -2.24. The van der Waals surface area contributed by atoms with Crippen LogP contribution in [0.4, 0.5) is 0 Å². The molecule has 1 aliphatic rings. The number of nitrogens with zero attached hydrogens (tertiary/aromatic N) is 1. The highest BCUT2D eigenvalue weighted by Gasteiger charge is 2.42. The average molecular weight is 492 g/mol. The SMILES string of the molecule is Cc1ccc([C@@H]2c3c(c4ccccc4n3S(=O)(=O)c3ccc(C)cc3)C[C@H]2c2ccc(C)cc2)cc1. The van der Waals surface area contributed by atoms with Gasteiger partial charge in [-0.2, -0.15) is 0 Å². The van der Waals surface area contributed by atoms with Gasteiger partial charge in [0.2, 0.25) is 0 Å². The van der Waals surface area contributed by atoms with E-state index in [1.165, 1.54) is 16.7 Å². The van der Waals surface area contributed by atoms with E-state index < -0.39 is 10.0 Å². The Morgan fingerprint density at radius 3 is 1.81 bits per heavy atom. The van der Waals surface area contributed by atoms with Crippen LogP contribution in [0.2, 0.25) is 0 Å². The molecule has 6 rings (SSSR count). The molecule has 1 aliphatic carbocycles. The van der Waals surface area contributed by atoms with Crippen molar-refractivity contribution in [2.45, 2.75) is 43.9 Å². The predicted octanol–water partition coefficient (Wildman–Crippen LogP) is 7.28. The molecule has 2 atom stereocenters. The number of para-hydroxylation sites is 1. The Kier molecular flexibility index (Phi) is 5.38. The zero-order chi connectivity index (χ0) is 25.0. The number of rotatable bonds is 4. The van der Waals surface area contributed by atoms with Crippen LogP contribution < -0.4 is 0 Å². The Labute approximate surface area is 213 Å². The molecule has 4 heteroatoms. The summed E-state index contributed by atoms with van der Waals surface area (Å²) in [5.41, 5.74) is 8.62. The van der Waals surface area contributed by atoms with Crippen LogP contribution in [0.1, 0.15) is 50.9 Å². The minimum atomic E-state index is -3.81. The van der Waals surface area contributed by atoms with E-state index in [0.717, 1.165) is 39.7 Å². The number of aryl methyl sites for hydroxylation is 3. The first-order chi connectivity index (χ1) is 17.3. The summed E-state index contributed by atoms with van der Waals surface area (Å²) < 4.78 is 30.2. The standard InChI is InChI=1S/C32H29NO2S/c1-21-8-14-24(15-9-21)28-20-29-27-6-4-5-7-30(27)33(36(34,35)26-18-12-23(3)13-19-26)32(29)31(28)25-16-10-22(2)11-17-25/h4-19,28,31H,20H2,1-3H3/t28-,31-/m0/s1. The molecule has 0 fully saturated rings. The molecule has 5 aromatic rings. The largest absolute Gasteiger partial charge is 0.268 e. The molecule has 4 aromatic carbocycles. The smallest absolute Gasteiger partial charge is 0.237 e. The van der Waals surface area contributed by atoms with E-state index >= 15 is 0 Å². The third kappa shape index (κ3) is 3.59. The van der Waals surface area contributed by atoms with E-state index in [1.54, 1.807) is 16.1 Å². The normalized spacial score (nSPS) is 17.4. The molecule has 3 nitrogen and oxygen atoms in total. The van der Waals surface area contributed by atoms with Gasteiger partial charge < -0.3 is 0 Å². The molecule has 0 radical (unpaired) electrons. The van der Waals surface area contributed by atoms with Gasteiger partial charge in [0.15, 0.2) is 0 Å². The maximum atomic E-state index is 14.3. The maximum absolute atomic E-state index is 14.3. The van der Waals surface area contributed by atoms with Gasteiger partial charge in [-0.15, -0.1) is 0 Å². The number of hydrogen-bond donors (Lipinski definition) is 0. The van der Waals surface area contributed by atoms with E-state index in [2.05, 4.69) is 68.4 Å². The van der Waals surface area contributed by atoms with Crippen LogP contribution in [0.15, 0.2) is 102 Å². The first-order valence-electron chi connectivity index (χ1n) is 12.4. The minimum Gasteiger partial charge on any atom is -0.237 e. The van der Waals surface area contributed by atoms with Crippen LogP contribution >= 0.6 is 0 Å². The molecule has 0 amide bonds. The number of hydrogen-bond acceptors (Lipinski definition) is 2. The Bertz CT molecular complexity index is 1680. The van der Waals surface area contributed by atoms with E-state index in [9.17, 15) is 8.42 Å². The van der Waals surface area contributed by atoms with Gasteiger partial charge >= 0.3 is 0 Å². The lowest BCUT2D eigenvalue weighted by atomic mass is 9.82. The quantitative estimate of drug-likeness (QED) is 0.265. The summed E-state index contributed by atoms with van der Waals surface area (Å²) in [7, 11) is -3.81. The van der Waals surface area contributed by atoms with Crippen molar-refractivity contribution in [1.29, 1.82) is 0 Å². The molecule has 1 heterocycles. The molecule has 180 valence electrons. The van der Waals surface area contributed by atoms with E-state index in [-0.39, 0.29) is 11.8 Å². The zero-order valence-electron chi connectivity index (χ0n) is 20.8. The zero-order valence-corrected chi connectivity index (χ0v) is 21.6. The van der Waals surface area contributed by atoms with Crippen LogP contribution in [-0.4, -0.2) is 12.4 Å². The summed E-state index contributed by atoms with van der Waals surface area (Å²) in [6.45, 7) is 6.15. The van der Waals surface area contributed by atoms with Gasteiger partial charge in [0, 0.05) is 22.9 Å². The van der Waals surface area contributed by atoms with Crippen LogP contribution in [0.5, 0.6) is 0 Å². The molecule has 0 spiro atoms. The Balaban J connectivity index is 1.65. The Morgan fingerprint density at radius 2 is 1.19 bits per heavy atom. The van der Waals surface area contributed by atoms with Crippen molar-refractivity contribution in [1.82, 2.24) is 3.97 Å². The van der Waals surface area contributed by atoms with Crippen LogP contribution in [0, 0.1) is 20.8 Å². The lowest BCUT2D eigenvalue weighted by molar-refractivity contribution is 0.582. The number of benzene rings is 4. The average Bonchev–Trinajstić information content (AvgIpc) is 3.40. The number of aromatic nitrogens is 1. The van der Waals surface area contributed by atoms with E-state index in [4.69, 9.17) is 0 Å². The van der Waals surface area contributed by atoms with Gasteiger partial charge in [-0.1, -0.05) is 95.6 Å². The van der Waals surface area contributed by atoms with Crippen molar-refractivity contribution in [3.05, 3.63) is 136 Å². The third-order valence-electron chi connectivity index (χ3n) is 7.60. The first kappa shape index (κ1) is 22.8. The summed E-state index contributed by atoms with van der Waals surface area (Å²) in [4.78, 5) is 0.318. The van der Waals surface area contributed by atoms with E-state index in [1.807, 2.05) is 37.3 Å². The molecule has 36 heavy (non-hydrogen) atoms. The summed E-state index contributed by atoms with van der Waals surface area (Å²) >= 11 is 0. The monoisotopic (exact) mass is 491 g/mol. The molecular formula is C32H29NO2S. The van der Waals surface area contributed by atoms with Crippen molar-refractivity contribution in [3.8, 4) is 0 Å². The van der Waals surface area contributed by atoms with Crippen molar-refractivity contribution in [2.75, 3.05) is 0 Å². The van der Waals surface area contributed by atoms with Gasteiger partial charge in [0.25, 0.3) is 10.0 Å². The molecule has 0 bridgehead atoms. The summed E-state index contributed by atoms with van der Waals surface area (Å²) in [5, 5.41) is 1.02. The molecule has 0 aliphatic heterocycles. The highest BCUT2D eigenvalue weighted by molar-refractivity contribution is 7.90. The molecule has 0 N–H and O–H groups in total. The summed E-state index contributed by atoms with van der Waals surface area (Å²) in [6, 6.07) is 32.4. The molecular weight excluding hydrogens is 462 g/mol. The van der Waals surface area contributed by atoms with Crippen LogP contribution in [0.25, 0.3) is 10.9 Å². The lowest BCUT2D eigenvalue weighted by Crippen LogP contribution is -2.19. The van der Waals surface area contributed by atoms with E-state index in [0.29, 0.717) is 4.90 Å². The molecule has 0 saturated heterocycles. The van der Waals surface area contributed by atoms with Gasteiger partial charge in [-0.3, -0.25) is 0 Å². The molecule has 1 aromatic heterocycles. The fraction of sp³-hybridized carbons (Fsp3) is 0.188. The molecule has 0 unspecified atom stereocenters. The van der Waals surface area contributed by atoms with Crippen molar-refractivity contribution in [2.24, 2.45) is 0 Å². The fourth-order valence-corrected chi connectivity index (χ4v) is 7.31. The van der Waals surface area contributed by atoms with Crippen LogP contribution in [-0.2, 0) is 16.4 Å². The van der Waals surface area contributed by atoms with Gasteiger partial charge in [-0.05, 0) is 62.1 Å². The summed E-state index contributed by atoms with van der Waals surface area (Å²) in [5.74, 6) is 0.0818. The second-order valence-corrected chi connectivity index (χ2v) is 11.9. The predicted molar refractivity (Wildman–Crippen MR) is 146 cm³/mol. The number of fused-ring (bicyclic) bond motifs is 3. The van der Waals surface area contributed by atoms with Crippen LogP contribution in [0.3, 0.4) is 0 Å². The fourth-order valence-electron chi connectivity index (χ4n) is 5.72. The topological polar surface area (TPSA) is 39.1 Å². The van der Waals surface area contributed by atoms with Gasteiger partial charge in [0.1, 0.15) is 0 Å². The highest BCUT2D eigenvalue weighted by Crippen LogP contribution is 2.52. The third-order valence-corrected chi connectivity index (χ3v) is 9.34. The van der Waals surface area contributed by atoms with Gasteiger partial charge in [-0.25, -0.2) is 12.4 Å². The van der Waals surface area contributed by atoms with Gasteiger partial charge in [0.05, 0.1) is 10.4 Å². The Hall–Kier alpha value is -3.63. The maximum Gasteiger partial charge on any atom is 0.268 e. The first-order valence-corrected chi connectivity index (χ1v) is 13.9. The van der Waals surface area contributed by atoms with Crippen molar-refractivity contribution >= 4 is 20.9 Å². The summed E-state index contributed by atoms with van der Waals surface area (Å²) in [6.07, 6.45) is 0.799. The minimum absolute atomic E-state index is 0.0732. The Morgan fingerprint density at radius 1 is 0.667 bits per heavy atom. The van der Waals surface area contributed by atoms with Crippen molar-refractivity contribution in [3.63, 3.8) is 0 Å². The molecule has 0 saturated carbocycles. The second kappa shape index (κ2) is 8.49. The van der Waals surface area contributed by atoms with Crippen molar-refractivity contribution < 1.29 is 8.42 Å². The highest BCUT2D eigenvalue weighted by atomic mass is 32.2.